The molecule has 6 nitrogen and oxygen atoms in total. The first-order chi connectivity index (χ1) is 8.50. The summed E-state index contributed by atoms with van der Waals surface area (Å²) in [6.07, 6.45) is 1.62. The van der Waals surface area contributed by atoms with E-state index in [2.05, 4.69) is 4.98 Å². The van der Waals surface area contributed by atoms with Gasteiger partial charge in [-0.3, -0.25) is 14.6 Å². The molecule has 0 aliphatic heterocycles. The molecule has 2 aromatic heterocycles. The van der Waals surface area contributed by atoms with E-state index in [9.17, 15) is 9.59 Å². The van der Waals surface area contributed by atoms with Gasteiger partial charge in [0.2, 0.25) is 5.91 Å². The maximum atomic E-state index is 12.1. The molecule has 0 spiro atoms. The number of anilines is 1. The second kappa shape index (κ2) is 4.61. The Bertz CT molecular complexity index is 623. The first-order valence-electron chi connectivity index (χ1n) is 5.17. The summed E-state index contributed by atoms with van der Waals surface area (Å²) in [5.74, 6) is -0.891. The smallest absolute Gasteiger partial charge is 0.266 e. The van der Waals surface area contributed by atoms with Crippen molar-refractivity contribution in [2.75, 3.05) is 19.3 Å². The maximum Gasteiger partial charge on any atom is 0.266 e. The van der Waals surface area contributed by atoms with Gasteiger partial charge in [-0.2, -0.15) is 0 Å². The van der Waals surface area contributed by atoms with Crippen molar-refractivity contribution < 1.29 is 9.59 Å². The lowest BCUT2D eigenvalue weighted by Gasteiger charge is -2.13. The summed E-state index contributed by atoms with van der Waals surface area (Å²) in [6.45, 7) is -0.139. The maximum absolute atomic E-state index is 12.1. The van der Waals surface area contributed by atoms with E-state index >= 15 is 0 Å². The third-order valence-corrected chi connectivity index (χ3v) is 3.56. The fourth-order valence-corrected chi connectivity index (χ4v) is 2.66. The van der Waals surface area contributed by atoms with E-state index in [1.165, 1.54) is 23.3 Å². The quantitative estimate of drug-likeness (QED) is 0.839. The van der Waals surface area contributed by atoms with E-state index in [0.717, 1.165) is 4.70 Å². The number of nitrogens with zero attached hydrogens (tertiary/aromatic N) is 2. The molecule has 0 saturated carbocycles. The molecule has 0 atom stereocenters. The molecule has 4 N–H and O–H groups in total. The van der Waals surface area contributed by atoms with E-state index in [-0.39, 0.29) is 12.5 Å². The first-order valence-corrected chi connectivity index (χ1v) is 5.99. The summed E-state index contributed by atoms with van der Waals surface area (Å²) in [5.41, 5.74) is 11.9. The molecular weight excluding hydrogens is 252 g/mol. The lowest BCUT2D eigenvalue weighted by Crippen LogP contribution is -2.35. The Labute approximate surface area is 107 Å². The van der Waals surface area contributed by atoms with Gasteiger partial charge in [-0.25, -0.2) is 0 Å². The van der Waals surface area contributed by atoms with Crippen LogP contribution in [0.4, 0.5) is 5.69 Å². The van der Waals surface area contributed by atoms with E-state index in [4.69, 9.17) is 11.5 Å². The van der Waals surface area contributed by atoms with Crippen molar-refractivity contribution in [2.45, 2.75) is 0 Å². The highest BCUT2D eigenvalue weighted by molar-refractivity contribution is 7.21. The molecule has 0 aliphatic rings. The van der Waals surface area contributed by atoms with Crippen molar-refractivity contribution in [3.63, 3.8) is 0 Å². The third-order valence-electron chi connectivity index (χ3n) is 2.42. The summed E-state index contributed by atoms with van der Waals surface area (Å²) in [4.78, 5) is 28.6. The fraction of sp³-hybridized carbons (Fsp3) is 0.182. The number of primary amides is 1. The van der Waals surface area contributed by atoms with Crippen molar-refractivity contribution >= 4 is 39.1 Å². The molecule has 2 aromatic rings. The average Bonchev–Trinajstić information content (AvgIpc) is 2.66. The van der Waals surface area contributed by atoms with Crippen LogP contribution in [0.25, 0.3) is 10.2 Å². The zero-order valence-corrected chi connectivity index (χ0v) is 10.5. The molecule has 0 fully saturated rings. The van der Waals surface area contributed by atoms with Gasteiger partial charge in [-0.1, -0.05) is 0 Å². The molecule has 2 heterocycles. The summed E-state index contributed by atoms with van der Waals surface area (Å²) in [5, 5.41) is 0. The van der Waals surface area contributed by atoms with Crippen molar-refractivity contribution in [3.8, 4) is 0 Å². The standard InChI is InChI=1S/C11H12N4O2S/c1-15(5-7(12)16)11(17)10-8(13)9-6(18-10)3-2-4-14-9/h2-4H,5,13H2,1H3,(H2,12,16). The number of carbonyl (C=O) groups is 2. The van der Waals surface area contributed by atoms with Gasteiger partial charge in [0.15, 0.2) is 0 Å². The Morgan fingerprint density at radius 1 is 1.50 bits per heavy atom. The molecule has 0 aromatic carbocycles. The molecule has 0 saturated heterocycles. The second-order valence-electron chi connectivity index (χ2n) is 3.82. The van der Waals surface area contributed by atoms with Crippen LogP contribution in [0.3, 0.4) is 0 Å². The van der Waals surface area contributed by atoms with Crippen molar-refractivity contribution in [1.29, 1.82) is 0 Å². The number of nitrogens with two attached hydrogens (primary N) is 2. The van der Waals surface area contributed by atoms with Crippen LogP contribution in [0, 0.1) is 0 Å². The van der Waals surface area contributed by atoms with Gasteiger partial charge in [0.25, 0.3) is 5.91 Å². The minimum absolute atomic E-state index is 0.139. The number of fused-ring (bicyclic) bond motifs is 1. The van der Waals surface area contributed by atoms with Crippen molar-refractivity contribution in [2.24, 2.45) is 5.73 Å². The number of pyridine rings is 1. The van der Waals surface area contributed by atoms with E-state index in [1.807, 2.05) is 6.07 Å². The van der Waals surface area contributed by atoms with Crippen LogP contribution in [-0.4, -0.2) is 35.3 Å². The molecule has 18 heavy (non-hydrogen) atoms. The van der Waals surface area contributed by atoms with Crippen LogP contribution in [0.15, 0.2) is 18.3 Å². The largest absolute Gasteiger partial charge is 0.396 e. The Morgan fingerprint density at radius 3 is 2.83 bits per heavy atom. The molecule has 7 heteroatoms. The number of amides is 2. The SMILES string of the molecule is CN(CC(N)=O)C(=O)c1sc2cccnc2c1N. The van der Waals surface area contributed by atoms with Gasteiger partial charge in [-0.05, 0) is 12.1 Å². The number of carbonyl (C=O) groups excluding carboxylic acids is 2. The Morgan fingerprint density at radius 2 is 2.22 bits per heavy atom. The zero-order valence-electron chi connectivity index (χ0n) is 9.71. The van der Waals surface area contributed by atoms with E-state index in [1.54, 1.807) is 12.3 Å². The normalized spacial score (nSPS) is 10.5. The molecule has 0 unspecified atom stereocenters. The van der Waals surface area contributed by atoms with Gasteiger partial charge in [0.1, 0.15) is 10.4 Å². The van der Waals surface area contributed by atoms with Crippen LogP contribution < -0.4 is 11.5 Å². The number of hydrogen-bond acceptors (Lipinski definition) is 5. The minimum Gasteiger partial charge on any atom is -0.396 e. The summed E-state index contributed by atoms with van der Waals surface area (Å²) >= 11 is 1.26. The Kier molecular flexibility index (Phi) is 3.15. The van der Waals surface area contributed by atoms with E-state index in [0.29, 0.717) is 16.1 Å². The predicted octanol–water partition coefficient (Wildman–Crippen LogP) is 0.436. The van der Waals surface area contributed by atoms with Crippen LogP contribution in [0.1, 0.15) is 9.67 Å². The molecule has 2 amide bonds. The topological polar surface area (TPSA) is 102 Å². The van der Waals surface area contributed by atoms with Crippen LogP contribution in [-0.2, 0) is 4.79 Å². The molecule has 2 rings (SSSR count). The second-order valence-corrected chi connectivity index (χ2v) is 4.87. The number of hydrogen-bond donors (Lipinski definition) is 2. The number of rotatable bonds is 3. The first kappa shape index (κ1) is 12.3. The van der Waals surface area contributed by atoms with Crippen LogP contribution in [0.5, 0.6) is 0 Å². The molecule has 94 valence electrons. The number of nitrogen functional groups attached to an aromatic ring is 1. The zero-order chi connectivity index (χ0) is 13.3. The Balaban J connectivity index is 2.39. The summed E-state index contributed by atoms with van der Waals surface area (Å²) < 4.78 is 0.839. The highest BCUT2D eigenvalue weighted by atomic mass is 32.1. The summed E-state index contributed by atoms with van der Waals surface area (Å²) in [6, 6.07) is 3.62. The minimum atomic E-state index is -0.566. The predicted molar refractivity (Wildman–Crippen MR) is 70.2 cm³/mol. The average molecular weight is 264 g/mol. The van der Waals surface area contributed by atoms with Crippen molar-refractivity contribution in [3.05, 3.63) is 23.2 Å². The van der Waals surface area contributed by atoms with Gasteiger partial charge in [0.05, 0.1) is 16.9 Å². The third kappa shape index (κ3) is 2.12. The fourth-order valence-electron chi connectivity index (χ4n) is 1.59. The molecule has 0 bridgehead atoms. The molecule has 0 aliphatic carbocycles. The number of likely N-dealkylation sites (N-methyl/N-ethyl adjacent to an activating group) is 1. The van der Waals surface area contributed by atoms with Gasteiger partial charge >= 0.3 is 0 Å². The summed E-state index contributed by atoms with van der Waals surface area (Å²) in [7, 11) is 1.50. The van der Waals surface area contributed by atoms with Gasteiger partial charge in [0, 0.05) is 13.2 Å². The van der Waals surface area contributed by atoms with Crippen LogP contribution >= 0.6 is 11.3 Å². The Hall–Kier alpha value is -2.15. The lowest BCUT2D eigenvalue weighted by atomic mass is 10.3. The lowest BCUT2D eigenvalue weighted by molar-refractivity contribution is -0.118. The number of aromatic nitrogens is 1. The van der Waals surface area contributed by atoms with E-state index < -0.39 is 5.91 Å². The monoisotopic (exact) mass is 264 g/mol. The van der Waals surface area contributed by atoms with Crippen molar-refractivity contribution in [1.82, 2.24) is 9.88 Å². The van der Waals surface area contributed by atoms with Crippen LogP contribution in [0.2, 0.25) is 0 Å². The van der Waals surface area contributed by atoms with Gasteiger partial charge < -0.3 is 16.4 Å². The van der Waals surface area contributed by atoms with Gasteiger partial charge in [-0.15, -0.1) is 11.3 Å². The number of thiophene rings is 1. The highest BCUT2D eigenvalue weighted by Gasteiger charge is 2.21. The highest BCUT2D eigenvalue weighted by Crippen LogP contribution is 2.32. The molecule has 0 radical (unpaired) electrons. The molecular formula is C11H12N4O2S.